The minimum Gasteiger partial charge on any atom is -0.480 e. The molecule has 59 heavy (non-hydrogen) atoms. The lowest BCUT2D eigenvalue weighted by atomic mass is 10.0. The summed E-state index contributed by atoms with van der Waals surface area (Å²) in [6, 6.07) is -1.54. The number of phosphoric ester groups is 1. The standard InChI is InChI=1S/C46H80NO11P/c1-3-5-6-7-8-9-10-11-12-13-14-19-22-25-28-31-34-37-45(50)58-42(39-56-59(53,54)57-40-43(47)46(51)52)38-55-44(49)36-33-30-27-24-21-18-16-15-17-20-23-26-29-32-35-41(48)4-2/h16-18,20,24,26-27,29,32,35,41-43,48H,3-15,19,21-23,25,28,30-31,33-34,36-40,47H2,1-2H3,(H,51,52)(H,53,54)/b18-16-,20-17-,27-24-,29-26-,35-32+/t41-,42+,43-/m0/s1. The van der Waals surface area contributed by atoms with Gasteiger partial charge in [0, 0.05) is 12.8 Å². The summed E-state index contributed by atoms with van der Waals surface area (Å²) in [6.45, 7) is 2.42. The van der Waals surface area contributed by atoms with Crippen LogP contribution in [0, 0.1) is 0 Å². The highest BCUT2D eigenvalue weighted by atomic mass is 31.2. The summed E-state index contributed by atoms with van der Waals surface area (Å²) in [5, 5.41) is 18.4. The largest absolute Gasteiger partial charge is 0.480 e. The topological polar surface area (TPSA) is 192 Å². The maximum atomic E-state index is 12.6. The van der Waals surface area contributed by atoms with Gasteiger partial charge in [0.25, 0.3) is 0 Å². The summed E-state index contributed by atoms with van der Waals surface area (Å²) in [6.07, 6.45) is 43.8. The lowest BCUT2D eigenvalue weighted by Crippen LogP contribution is -2.34. The Morgan fingerprint density at radius 3 is 1.61 bits per heavy atom. The molecule has 0 rings (SSSR count). The van der Waals surface area contributed by atoms with Gasteiger partial charge in [-0.1, -0.05) is 177 Å². The van der Waals surface area contributed by atoms with Crippen LogP contribution in [-0.2, 0) is 37.5 Å². The Bertz CT molecular complexity index is 1250. The molecule has 0 aliphatic carbocycles. The number of carbonyl (C=O) groups is 3. The summed E-state index contributed by atoms with van der Waals surface area (Å²) in [4.78, 5) is 46.0. The van der Waals surface area contributed by atoms with E-state index in [4.69, 9.17) is 24.8 Å². The number of carbonyl (C=O) groups excluding carboxylic acids is 2. The number of phosphoric acid groups is 1. The summed E-state index contributed by atoms with van der Waals surface area (Å²) in [5.74, 6) is -2.48. The zero-order valence-corrected chi connectivity index (χ0v) is 37.3. The Hall–Kier alpha value is -2.86. The van der Waals surface area contributed by atoms with E-state index in [9.17, 15) is 28.9 Å². The highest BCUT2D eigenvalue weighted by Gasteiger charge is 2.28. The Morgan fingerprint density at radius 2 is 1.08 bits per heavy atom. The van der Waals surface area contributed by atoms with Crippen molar-refractivity contribution >= 4 is 25.7 Å². The maximum absolute atomic E-state index is 12.6. The van der Waals surface area contributed by atoms with Gasteiger partial charge in [0.2, 0.25) is 0 Å². The van der Waals surface area contributed by atoms with Crippen molar-refractivity contribution in [1.82, 2.24) is 0 Å². The third kappa shape index (κ3) is 40.3. The molecule has 0 fully saturated rings. The van der Waals surface area contributed by atoms with Gasteiger partial charge >= 0.3 is 25.7 Å². The Kier molecular flexibility index (Phi) is 38.6. The highest BCUT2D eigenvalue weighted by molar-refractivity contribution is 7.47. The number of nitrogens with two attached hydrogens (primary N) is 1. The van der Waals surface area contributed by atoms with E-state index in [1.807, 2.05) is 37.3 Å². The molecule has 0 aromatic rings. The van der Waals surface area contributed by atoms with Crippen molar-refractivity contribution in [2.75, 3.05) is 19.8 Å². The number of carboxylic acids is 1. The summed E-state index contributed by atoms with van der Waals surface area (Å²) < 4.78 is 32.6. The average molecular weight is 854 g/mol. The fourth-order valence-corrected chi connectivity index (χ4v) is 6.54. The second-order valence-electron chi connectivity index (χ2n) is 15.0. The van der Waals surface area contributed by atoms with E-state index in [1.54, 1.807) is 6.08 Å². The number of ether oxygens (including phenoxy) is 2. The number of allylic oxidation sites excluding steroid dienone is 9. The molecule has 12 nitrogen and oxygen atoms in total. The van der Waals surface area contributed by atoms with Gasteiger partial charge in [-0.05, 0) is 44.9 Å². The fraction of sp³-hybridized carbons (Fsp3) is 0.717. The van der Waals surface area contributed by atoms with Crippen molar-refractivity contribution in [3.05, 3.63) is 60.8 Å². The van der Waals surface area contributed by atoms with Crippen LogP contribution in [0.5, 0.6) is 0 Å². The molecule has 0 bridgehead atoms. The highest BCUT2D eigenvalue weighted by Crippen LogP contribution is 2.43. The van der Waals surface area contributed by atoms with E-state index in [2.05, 4.69) is 35.8 Å². The second-order valence-corrected chi connectivity index (χ2v) is 16.5. The van der Waals surface area contributed by atoms with Gasteiger partial charge in [0.15, 0.2) is 6.10 Å². The number of hydrogen-bond donors (Lipinski definition) is 4. The molecule has 13 heteroatoms. The van der Waals surface area contributed by atoms with E-state index in [-0.39, 0.29) is 19.4 Å². The molecular formula is C46H80NO11P. The summed E-state index contributed by atoms with van der Waals surface area (Å²) in [7, 11) is -4.74. The normalized spacial score (nSPS) is 14.8. The first-order valence-electron chi connectivity index (χ1n) is 22.4. The zero-order valence-electron chi connectivity index (χ0n) is 36.4. The molecule has 340 valence electrons. The molecule has 0 aliphatic heterocycles. The van der Waals surface area contributed by atoms with Crippen molar-refractivity contribution in [3.8, 4) is 0 Å². The maximum Gasteiger partial charge on any atom is 0.472 e. The molecule has 0 saturated carbocycles. The number of aliphatic hydroxyl groups is 1. The quantitative estimate of drug-likeness (QED) is 0.0150. The molecule has 0 aliphatic rings. The van der Waals surface area contributed by atoms with Gasteiger partial charge in [-0.25, -0.2) is 4.57 Å². The van der Waals surface area contributed by atoms with Crippen LogP contribution < -0.4 is 5.73 Å². The van der Waals surface area contributed by atoms with Crippen LogP contribution >= 0.6 is 7.82 Å². The monoisotopic (exact) mass is 854 g/mol. The van der Waals surface area contributed by atoms with Gasteiger partial charge in [-0.3, -0.25) is 23.4 Å². The zero-order chi connectivity index (χ0) is 43.7. The molecule has 0 heterocycles. The fourth-order valence-electron chi connectivity index (χ4n) is 5.76. The molecule has 4 atom stereocenters. The van der Waals surface area contributed by atoms with Crippen molar-refractivity contribution < 1.29 is 52.6 Å². The van der Waals surface area contributed by atoms with Crippen molar-refractivity contribution in [2.45, 2.75) is 193 Å². The van der Waals surface area contributed by atoms with Crippen LogP contribution in [0.25, 0.3) is 0 Å². The van der Waals surface area contributed by atoms with Crippen LogP contribution in [0.3, 0.4) is 0 Å². The molecule has 0 amide bonds. The third-order valence-electron chi connectivity index (χ3n) is 9.44. The summed E-state index contributed by atoms with van der Waals surface area (Å²) >= 11 is 0. The minimum absolute atomic E-state index is 0.129. The molecule has 0 aromatic carbocycles. The first-order chi connectivity index (χ1) is 28.5. The predicted octanol–water partition coefficient (Wildman–Crippen LogP) is 10.9. The minimum atomic E-state index is -4.74. The molecule has 0 radical (unpaired) electrons. The lowest BCUT2D eigenvalue weighted by molar-refractivity contribution is -0.161. The molecule has 0 saturated heterocycles. The number of esters is 2. The van der Waals surface area contributed by atoms with Gasteiger partial charge < -0.3 is 30.3 Å². The number of carboxylic acid groups (broad SMARTS) is 1. The van der Waals surface area contributed by atoms with E-state index in [0.717, 1.165) is 38.5 Å². The van der Waals surface area contributed by atoms with E-state index in [0.29, 0.717) is 25.7 Å². The van der Waals surface area contributed by atoms with Gasteiger partial charge in [-0.2, -0.15) is 0 Å². The van der Waals surface area contributed by atoms with Crippen molar-refractivity contribution in [3.63, 3.8) is 0 Å². The van der Waals surface area contributed by atoms with Gasteiger partial charge in [-0.15, -0.1) is 0 Å². The third-order valence-corrected chi connectivity index (χ3v) is 10.4. The van der Waals surface area contributed by atoms with Crippen LogP contribution in [0.15, 0.2) is 60.8 Å². The Morgan fingerprint density at radius 1 is 0.610 bits per heavy atom. The Labute approximate surface area is 356 Å². The van der Waals surface area contributed by atoms with Crippen LogP contribution in [0.4, 0.5) is 0 Å². The van der Waals surface area contributed by atoms with Crippen molar-refractivity contribution in [1.29, 1.82) is 0 Å². The molecule has 1 unspecified atom stereocenters. The number of aliphatic hydroxyl groups excluding tert-OH is 1. The Balaban J connectivity index is 4.44. The molecule has 0 aromatic heterocycles. The van der Waals surface area contributed by atoms with Crippen molar-refractivity contribution in [2.24, 2.45) is 5.73 Å². The van der Waals surface area contributed by atoms with Gasteiger partial charge in [0.05, 0.1) is 19.3 Å². The molecule has 5 N–H and O–H groups in total. The van der Waals surface area contributed by atoms with Crippen LogP contribution in [0.1, 0.15) is 174 Å². The molecular weight excluding hydrogens is 773 g/mol. The lowest BCUT2D eigenvalue weighted by Gasteiger charge is -2.20. The van der Waals surface area contributed by atoms with E-state index < -0.39 is 57.2 Å². The number of aliphatic carboxylic acids is 1. The van der Waals surface area contributed by atoms with Gasteiger partial charge in [0.1, 0.15) is 12.6 Å². The number of unbranched alkanes of at least 4 members (excludes halogenated alkanes) is 17. The first kappa shape index (κ1) is 56.1. The van der Waals surface area contributed by atoms with Crippen LogP contribution in [0.2, 0.25) is 0 Å². The SMILES string of the molecule is CCCCCCCCCCCCCCCCCCCC(=O)O[C@H](COC(=O)CCC/C=C\C/C=C\C/C=C\C/C=C\C=C\[C@@H](O)CC)COP(=O)(O)OC[C@H](N)C(=O)O. The van der Waals surface area contributed by atoms with E-state index in [1.165, 1.54) is 83.5 Å². The average Bonchev–Trinajstić information content (AvgIpc) is 3.21. The number of rotatable bonds is 41. The first-order valence-corrected chi connectivity index (χ1v) is 23.9. The van der Waals surface area contributed by atoms with Crippen LogP contribution in [-0.4, -0.2) is 71.1 Å². The second kappa shape index (κ2) is 40.5. The number of hydrogen-bond acceptors (Lipinski definition) is 10. The summed E-state index contributed by atoms with van der Waals surface area (Å²) in [5.41, 5.74) is 5.33. The molecule has 0 spiro atoms. The predicted molar refractivity (Wildman–Crippen MR) is 237 cm³/mol. The smallest absolute Gasteiger partial charge is 0.472 e. The van der Waals surface area contributed by atoms with E-state index >= 15 is 0 Å².